The molecule has 6 nitrogen and oxygen atoms in total. The standard InChI is InChI=1S/C18H20FN3O3/c1-24-14-7-12(8-15(9-14)25-2)18(23)20-17-10-16(21-22-17)11-4-3-5-13(19)6-11/h3-9,16-17,21-22H,10H2,1-2H3,(H,20,23). The van der Waals surface area contributed by atoms with Crippen molar-refractivity contribution in [1.82, 2.24) is 16.2 Å². The first-order valence-corrected chi connectivity index (χ1v) is 7.89. The fraction of sp³-hybridized carbons (Fsp3) is 0.278. The van der Waals surface area contributed by atoms with Crippen molar-refractivity contribution in [2.45, 2.75) is 18.6 Å². The van der Waals surface area contributed by atoms with Crippen LogP contribution in [0.1, 0.15) is 28.4 Å². The number of hydrogen-bond donors (Lipinski definition) is 3. The Balaban J connectivity index is 1.66. The minimum atomic E-state index is -0.282. The van der Waals surface area contributed by atoms with E-state index in [-0.39, 0.29) is 23.9 Å². The number of carbonyl (C=O) groups excluding carboxylic acids is 1. The van der Waals surface area contributed by atoms with Crippen LogP contribution in [0.3, 0.4) is 0 Å². The Morgan fingerprint density at radius 2 is 1.84 bits per heavy atom. The van der Waals surface area contributed by atoms with Crippen LogP contribution in [0.4, 0.5) is 4.39 Å². The molecule has 1 heterocycles. The van der Waals surface area contributed by atoms with Gasteiger partial charge >= 0.3 is 0 Å². The van der Waals surface area contributed by atoms with Gasteiger partial charge in [-0.1, -0.05) is 12.1 Å². The molecule has 132 valence electrons. The SMILES string of the molecule is COc1cc(OC)cc(C(=O)NC2CC(c3cccc(F)c3)NN2)c1. The summed E-state index contributed by atoms with van der Waals surface area (Å²) < 4.78 is 23.7. The lowest BCUT2D eigenvalue weighted by atomic mass is 10.0. The van der Waals surface area contributed by atoms with Gasteiger partial charge in [0, 0.05) is 24.1 Å². The molecule has 0 aromatic heterocycles. The number of methoxy groups -OCH3 is 2. The Morgan fingerprint density at radius 1 is 1.12 bits per heavy atom. The van der Waals surface area contributed by atoms with E-state index in [1.165, 1.54) is 26.4 Å². The lowest BCUT2D eigenvalue weighted by molar-refractivity contribution is 0.0931. The van der Waals surface area contributed by atoms with E-state index in [1.807, 2.05) is 6.07 Å². The van der Waals surface area contributed by atoms with Crippen LogP contribution in [-0.4, -0.2) is 26.3 Å². The monoisotopic (exact) mass is 345 g/mol. The van der Waals surface area contributed by atoms with Crippen molar-refractivity contribution < 1.29 is 18.7 Å². The number of carbonyl (C=O) groups is 1. The fourth-order valence-electron chi connectivity index (χ4n) is 2.77. The molecule has 3 N–H and O–H groups in total. The first-order chi connectivity index (χ1) is 12.1. The Kier molecular flexibility index (Phi) is 5.16. The average molecular weight is 345 g/mol. The van der Waals surface area contributed by atoms with Gasteiger partial charge in [-0.2, -0.15) is 0 Å². The molecule has 7 heteroatoms. The number of ether oxygens (including phenoxy) is 2. The molecule has 1 aliphatic heterocycles. The molecule has 25 heavy (non-hydrogen) atoms. The molecule has 2 atom stereocenters. The number of rotatable bonds is 5. The van der Waals surface area contributed by atoms with E-state index in [0.29, 0.717) is 23.5 Å². The zero-order valence-corrected chi connectivity index (χ0v) is 14.0. The van der Waals surface area contributed by atoms with Crippen molar-refractivity contribution in [2.24, 2.45) is 0 Å². The average Bonchev–Trinajstić information content (AvgIpc) is 3.09. The van der Waals surface area contributed by atoms with E-state index in [4.69, 9.17) is 9.47 Å². The summed E-state index contributed by atoms with van der Waals surface area (Å²) in [5.41, 5.74) is 7.35. The zero-order chi connectivity index (χ0) is 17.8. The van der Waals surface area contributed by atoms with Gasteiger partial charge in [-0.25, -0.2) is 15.2 Å². The number of halogens is 1. The summed E-state index contributed by atoms with van der Waals surface area (Å²) in [4.78, 5) is 12.5. The van der Waals surface area contributed by atoms with Crippen LogP contribution in [0, 0.1) is 5.82 Å². The molecule has 2 unspecified atom stereocenters. The third-order valence-corrected chi connectivity index (χ3v) is 4.07. The quantitative estimate of drug-likeness (QED) is 0.774. The van der Waals surface area contributed by atoms with E-state index >= 15 is 0 Å². The Morgan fingerprint density at radius 3 is 2.48 bits per heavy atom. The minimum absolute atomic E-state index is 0.0826. The van der Waals surface area contributed by atoms with Crippen molar-refractivity contribution in [3.63, 3.8) is 0 Å². The topological polar surface area (TPSA) is 71.6 Å². The summed E-state index contributed by atoms with van der Waals surface area (Å²) in [6.45, 7) is 0. The van der Waals surface area contributed by atoms with Gasteiger partial charge in [0.1, 0.15) is 17.3 Å². The number of hydrogen-bond acceptors (Lipinski definition) is 5. The van der Waals surface area contributed by atoms with Gasteiger partial charge in [0.05, 0.1) is 20.4 Å². The molecule has 1 saturated heterocycles. The second-order valence-electron chi connectivity index (χ2n) is 5.76. The normalized spacial score (nSPS) is 19.5. The minimum Gasteiger partial charge on any atom is -0.497 e. The maximum atomic E-state index is 13.4. The maximum absolute atomic E-state index is 13.4. The van der Waals surface area contributed by atoms with Crippen LogP contribution in [0.2, 0.25) is 0 Å². The summed E-state index contributed by atoms with van der Waals surface area (Å²) in [5.74, 6) is 0.547. The van der Waals surface area contributed by atoms with E-state index in [2.05, 4.69) is 16.2 Å². The van der Waals surface area contributed by atoms with Crippen LogP contribution in [0.25, 0.3) is 0 Å². The second-order valence-corrected chi connectivity index (χ2v) is 5.76. The molecule has 0 bridgehead atoms. The smallest absolute Gasteiger partial charge is 0.252 e. The van der Waals surface area contributed by atoms with Gasteiger partial charge < -0.3 is 14.8 Å². The molecule has 0 spiro atoms. The van der Waals surface area contributed by atoms with Crippen LogP contribution >= 0.6 is 0 Å². The van der Waals surface area contributed by atoms with Crippen molar-refractivity contribution >= 4 is 5.91 Å². The van der Waals surface area contributed by atoms with E-state index < -0.39 is 0 Å². The molecule has 2 aromatic carbocycles. The van der Waals surface area contributed by atoms with E-state index in [9.17, 15) is 9.18 Å². The van der Waals surface area contributed by atoms with E-state index in [1.54, 1.807) is 24.3 Å². The lowest BCUT2D eigenvalue weighted by Crippen LogP contribution is -2.44. The van der Waals surface area contributed by atoms with Crippen LogP contribution in [0.15, 0.2) is 42.5 Å². The molecular formula is C18H20FN3O3. The third kappa shape index (κ3) is 4.07. The molecule has 3 rings (SSSR count). The van der Waals surface area contributed by atoms with Crippen molar-refractivity contribution in [3.8, 4) is 11.5 Å². The highest BCUT2D eigenvalue weighted by Gasteiger charge is 2.26. The maximum Gasteiger partial charge on any atom is 0.252 e. The predicted molar refractivity (Wildman–Crippen MR) is 90.8 cm³/mol. The van der Waals surface area contributed by atoms with Gasteiger partial charge in [0.2, 0.25) is 0 Å². The predicted octanol–water partition coefficient (Wildman–Crippen LogP) is 2.14. The molecule has 0 saturated carbocycles. The number of nitrogens with one attached hydrogen (secondary N) is 3. The summed E-state index contributed by atoms with van der Waals surface area (Å²) >= 11 is 0. The molecule has 2 aromatic rings. The fourth-order valence-corrected chi connectivity index (χ4v) is 2.77. The molecular weight excluding hydrogens is 325 g/mol. The highest BCUT2D eigenvalue weighted by molar-refractivity contribution is 5.95. The van der Waals surface area contributed by atoms with Gasteiger partial charge in [0.15, 0.2) is 0 Å². The highest BCUT2D eigenvalue weighted by atomic mass is 19.1. The first kappa shape index (κ1) is 17.2. The summed E-state index contributed by atoms with van der Waals surface area (Å²) in [7, 11) is 3.06. The number of benzene rings is 2. The molecule has 1 fully saturated rings. The Labute approximate surface area is 145 Å². The molecule has 1 aliphatic rings. The van der Waals surface area contributed by atoms with Crippen LogP contribution in [-0.2, 0) is 0 Å². The highest BCUT2D eigenvalue weighted by Crippen LogP contribution is 2.24. The summed E-state index contributed by atoms with van der Waals surface area (Å²) in [5, 5.41) is 2.89. The van der Waals surface area contributed by atoms with Crippen LogP contribution in [0.5, 0.6) is 11.5 Å². The Hall–Kier alpha value is -2.64. The summed E-state index contributed by atoms with van der Waals surface area (Å²) in [6, 6.07) is 11.3. The Bertz CT molecular complexity index is 747. The van der Waals surface area contributed by atoms with Gasteiger partial charge in [-0.15, -0.1) is 0 Å². The molecule has 0 aliphatic carbocycles. The van der Waals surface area contributed by atoms with Crippen molar-refractivity contribution in [1.29, 1.82) is 0 Å². The van der Waals surface area contributed by atoms with Crippen molar-refractivity contribution in [3.05, 3.63) is 59.4 Å². The van der Waals surface area contributed by atoms with Gasteiger partial charge in [-0.3, -0.25) is 4.79 Å². The number of amides is 1. The first-order valence-electron chi connectivity index (χ1n) is 7.89. The van der Waals surface area contributed by atoms with E-state index in [0.717, 1.165) is 5.56 Å². The van der Waals surface area contributed by atoms with Gasteiger partial charge in [0.25, 0.3) is 5.91 Å². The summed E-state index contributed by atoms with van der Waals surface area (Å²) in [6.07, 6.45) is 0.314. The van der Waals surface area contributed by atoms with Crippen molar-refractivity contribution in [2.75, 3.05) is 14.2 Å². The van der Waals surface area contributed by atoms with Crippen LogP contribution < -0.4 is 25.6 Å². The largest absolute Gasteiger partial charge is 0.497 e. The third-order valence-electron chi connectivity index (χ3n) is 4.07. The molecule has 1 amide bonds. The second kappa shape index (κ2) is 7.50. The lowest BCUT2D eigenvalue weighted by Gasteiger charge is -2.13. The molecule has 0 radical (unpaired) electrons. The van der Waals surface area contributed by atoms with Gasteiger partial charge in [-0.05, 0) is 29.8 Å². The zero-order valence-electron chi connectivity index (χ0n) is 14.0. The number of hydrazine groups is 1.